The smallest absolute Gasteiger partial charge is 0.304 e. The first-order valence-corrected chi connectivity index (χ1v) is 16.0. The number of nitrogens with zero attached hydrogens (tertiary/aromatic N) is 3. The molecule has 0 saturated heterocycles. The van der Waals surface area contributed by atoms with Gasteiger partial charge in [0.2, 0.25) is 11.8 Å². The summed E-state index contributed by atoms with van der Waals surface area (Å²) in [6, 6.07) is 24.9. The van der Waals surface area contributed by atoms with Crippen molar-refractivity contribution in [3.8, 4) is 0 Å². The molecule has 1 N–H and O–H groups in total. The highest BCUT2D eigenvalue weighted by Crippen LogP contribution is 2.23. The summed E-state index contributed by atoms with van der Waals surface area (Å²) >= 11 is 3.46. The molecular formula is C31H37BrN4O4S. The second kappa shape index (κ2) is 14.1. The van der Waals surface area contributed by atoms with E-state index in [2.05, 4.69) is 21.2 Å². The summed E-state index contributed by atoms with van der Waals surface area (Å²) in [7, 11) is -1.14. The van der Waals surface area contributed by atoms with E-state index in [-0.39, 0.29) is 18.5 Å². The Morgan fingerprint density at radius 2 is 1.46 bits per heavy atom. The third-order valence-corrected chi connectivity index (χ3v) is 9.65. The molecule has 1 saturated carbocycles. The van der Waals surface area contributed by atoms with Crippen LogP contribution >= 0.6 is 15.9 Å². The predicted octanol–water partition coefficient (Wildman–Crippen LogP) is 4.76. The summed E-state index contributed by atoms with van der Waals surface area (Å²) in [5.74, 6) is -0.697. The van der Waals surface area contributed by atoms with Crippen LogP contribution in [0.2, 0.25) is 0 Å². The second-order valence-electron chi connectivity index (χ2n) is 10.5. The van der Waals surface area contributed by atoms with Gasteiger partial charge < -0.3 is 10.2 Å². The zero-order valence-corrected chi connectivity index (χ0v) is 25.9. The van der Waals surface area contributed by atoms with Gasteiger partial charge in [0.15, 0.2) is 0 Å². The number of nitrogens with one attached hydrogen (secondary N) is 1. The number of hydrogen-bond acceptors (Lipinski definition) is 4. The highest BCUT2D eigenvalue weighted by Gasteiger charge is 2.35. The van der Waals surface area contributed by atoms with E-state index in [9.17, 15) is 18.0 Å². The number of rotatable bonds is 12. The molecule has 8 nitrogen and oxygen atoms in total. The number of anilines is 1. The van der Waals surface area contributed by atoms with Crippen molar-refractivity contribution in [2.45, 2.75) is 50.7 Å². The Morgan fingerprint density at radius 1 is 0.878 bits per heavy atom. The first kappa shape index (κ1) is 30.7. The van der Waals surface area contributed by atoms with Gasteiger partial charge >= 0.3 is 10.2 Å². The Morgan fingerprint density at radius 3 is 2.05 bits per heavy atom. The lowest BCUT2D eigenvalue weighted by molar-refractivity contribution is -0.140. The van der Waals surface area contributed by atoms with Gasteiger partial charge in [-0.05, 0) is 48.2 Å². The molecule has 0 radical (unpaired) electrons. The maximum Gasteiger partial charge on any atom is 0.304 e. The van der Waals surface area contributed by atoms with Crippen molar-refractivity contribution < 1.29 is 18.0 Å². The first-order chi connectivity index (χ1) is 19.6. The molecule has 1 aliphatic carbocycles. The van der Waals surface area contributed by atoms with Crippen LogP contribution in [0.5, 0.6) is 0 Å². The summed E-state index contributed by atoms with van der Waals surface area (Å²) in [4.78, 5) is 29.7. The first-order valence-electron chi connectivity index (χ1n) is 13.8. The lowest BCUT2D eigenvalue weighted by Crippen LogP contribution is -2.55. The van der Waals surface area contributed by atoms with E-state index in [0.717, 1.165) is 49.9 Å². The van der Waals surface area contributed by atoms with Crippen molar-refractivity contribution in [2.24, 2.45) is 0 Å². The van der Waals surface area contributed by atoms with Gasteiger partial charge in [0.25, 0.3) is 0 Å². The monoisotopic (exact) mass is 640 g/mol. The molecule has 1 atom stereocenters. The summed E-state index contributed by atoms with van der Waals surface area (Å²) in [6.45, 7) is -0.310. The van der Waals surface area contributed by atoms with Crippen LogP contribution in [-0.2, 0) is 32.8 Å². The zero-order chi connectivity index (χ0) is 29.4. The van der Waals surface area contributed by atoms with Gasteiger partial charge in [-0.1, -0.05) is 89.4 Å². The van der Waals surface area contributed by atoms with E-state index in [0.29, 0.717) is 12.1 Å². The predicted molar refractivity (Wildman–Crippen MR) is 165 cm³/mol. The van der Waals surface area contributed by atoms with Crippen LogP contribution < -0.4 is 9.62 Å². The summed E-state index contributed by atoms with van der Waals surface area (Å²) < 4.78 is 29.9. The number of halogens is 1. The molecule has 0 bridgehead atoms. The van der Waals surface area contributed by atoms with Crippen LogP contribution in [0.1, 0.15) is 36.8 Å². The van der Waals surface area contributed by atoms with Gasteiger partial charge in [-0.15, -0.1) is 0 Å². The van der Waals surface area contributed by atoms with Gasteiger partial charge in [0.05, 0.1) is 5.69 Å². The lowest BCUT2D eigenvalue weighted by atomic mass is 10.0. The molecular weight excluding hydrogens is 604 g/mol. The van der Waals surface area contributed by atoms with Gasteiger partial charge in [0, 0.05) is 37.6 Å². The minimum absolute atomic E-state index is 0.0698. The Bertz CT molecular complexity index is 1400. The number of hydrogen-bond donors (Lipinski definition) is 1. The van der Waals surface area contributed by atoms with Crippen LogP contribution in [0.4, 0.5) is 5.69 Å². The van der Waals surface area contributed by atoms with Crippen LogP contribution in [0.25, 0.3) is 0 Å². The summed E-state index contributed by atoms with van der Waals surface area (Å²) in [5.41, 5.74) is 2.11. The van der Waals surface area contributed by atoms with E-state index >= 15 is 0 Å². The van der Waals surface area contributed by atoms with Crippen molar-refractivity contribution in [2.75, 3.05) is 24.9 Å². The maximum absolute atomic E-state index is 14.3. The molecule has 2 amide bonds. The number of amides is 2. The minimum Gasteiger partial charge on any atom is -0.352 e. The molecule has 218 valence electrons. The normalized spacial score (nSPS) is 14.5. The van der Waals surface area contributed by atoms with E-state index in [1.54, 1.807) is 30.3 Å². The van der Waals surface area contributed by atoms with Crippen molar-refractivity contribution in [3.63, 3.8) is 0 Å². The fraction of sp³-hybridized carbons (Fsp3) is 0.355. The third kappa shape index (κ3) is 8.18. The van der Waals surface area contributed by atoms with E-state index in [1.807, 2.05) is 54.6 Å². The highest BCUT2D eigenvalue weighted by molar-refractivity contribution is 9.10. The molecule has 3 aromatic carbocycles. The maximum atomic E-state index is 14.3. The van der Waals surface area contributed by atoms with Crippen LogP contribution in [-0.4, -0.2) is 62.2 Å². The fourth-order valence-corrected chi connectivity index (χ4v) is 6.34. The van der Waals surface area contributed by atoms with Crippen molar-refractivity contribution in [1.82, 2.24) is 14.5 Å². The van der Waals surface area contributed by atoms with Gasteiger partial charge in [-0.25, -0.2) is 4.31 Å². The zero-order valence-electron chi connectivity index (χ0n) is 23.4. The van der Waals surface area contributed by atoms with Gasteiger partial charge in [0.1, 0.15) is 12.6 Å². The SMILES string of the molecule is CN(C)S(=O)(=O)N(CC(=O)N(Cc1ccc(Br)cc1)[C@@H](Cc1ccccc1)C(=O)NC1CCCC1)c1ccccc1. The number of benzene rings is 3. The quantitative estimate of drug-likeness (QED) is 0.309. The molecule has 41 heavy (non-hydrogen) atoms. The number of para-hydroxylation sites is 1. The lowest BCUT2D eigenvalue weighted by Gasteiger charge is -2.35. The van der Waals surface area contributed by atoms with Crippen LogP contribution in [0.15, 0.2) is 89.4 Å². The Labute approximate surface area is 251 Å². The standard InChI is InChI=1S/C31H37BrN4O4S/c1-34(2)41(39,40)36(28-15-7-4-8-16-28)23-30(37)35(22-25-17-19-26(32)20-18-25)29(21-24-11-5-3-6-12-24)31(38)33-27-13-9-10-14-27/h3-8,11-12,15-20,27,29H,9-10,13-14,21-23H2,1-2H3,(H,33,38)/t29-/m0/s1. The van der Waals surface area contributed by atoms with E-state index in [4.69, 9.17) is 0 Å². The minimum atomic E-state index is -4.01. The molecule has 0 spiro atoms. The molecule has 1 aliphatic rings. The molecule has 0 heterocycles. The molecule has 4 rings (SSSR count). The Balaban J connectivity index is 1.73. The van der Waals surface area contributed by atoms with Crippen molar-refractivity contribution in [3.05, 3.63) is 101 Å². The summed E-state index contributed by atoms with van der Waals surface area (Å²) in [5, 5.41) is 3.18. The largest absolute Gasteiger partial charge is 0.352 e. The van der Waals surface area contributed by atoms with Crippen LogP contribution in [0.3, 0.4) is 0 Å². The third-order valence-electron chi connectivity index (χ3n) is 7.30. The molecule has 0 aromatic heterocycles. The second-order valence-corrected chi connectivity index (χ2v) is 13.5. The average Bonchev–Trinajstić information content (AvgIpc) is 3.48. The molecule has 0 aliphatic heterocycles. The fourth-order valence-electron chi connectivity index (χ4n) is 5.02. The number of carbonyl (C=O) groups excluding carboxylic acids is 2. The Kier molecular flexibility index (Phi) is 10.6. The number of carbonyl (C=O) groups is 2. The van der Waals surface area contributed by atoms with Gasteiger partial charge in [-0.3, -0.25) is 9.59 Å². The molecule has 3 aromatic rings. The Hall–Kier alpha value is -3.21. The van der Waals surface area contributed by atoms with Crippen molar-refractivity contribution in [1.29, 1.82) is 0 Å². The average molecular weight is 642 g/mol. The van der Waals surface area contributed by atoms with E-state index in [1.165, 1.54) is 19.0 Å². The molecule has 10 heteroatoms. The van der Waals surface area contributed by atoms with Crippen LogP contribution in [0, 0.1) is 0 Å². The highest BCUT2D eigenvalue weighted by atomic mass is 79.9. The molecule has 0 unspecified atom stereocenters. The van der Waals surface area contributed by atoms with Gasteiger partial charge in [-0.2, -0.15) is 12.7 Å². The molecule has 1 fully saturated rings. The van der Waals surface area contributed by atoms with E-state index < -0.39 is 28.7 Å². The topological polar surface area (TPSA) is 90.0 Å². The summed E-state index contributed by atoms with van der Waals surface area (Å²) in [6.07, 6.45) is 4.24. The van der Waals surface area contributed by atoms with Crippen molar-refractivity contribution >= 4 is 43.6 Å².